The van der Waals surface area contributed by atoms with Crippen LogP contribution in [0.15, 0.2) is 30.3 Å². The summed E-state index contributed by atoms with van der Waals surface area (Å²) in [4.78, 5) is 0. The van der Waals surface area contributed by atoms with E-state index in [2.05, 4.69) is 51.1 Å². The van der Waals surface area contributed by atoms with Gasteiger partial charge in [-0.15, -0.1) is 0 Å². The van der Waals surface area contributed by atoms with Gasteiger partial charge in [-0.25, -0.2) is 0 Å². The highest BCUT2D eigenvalue weighted by molar-refractivity contribution is 5.14. The van der Waals surface area contributed by atoms with E-state index in [1.165, 1.54) is 50.5 Å². The van der Waals surface area contributed by atoms with Crippen LogP contribution in [0.3, 0.4) is 0 Å². The maximum Gasteiger partial charge on any atom is -0.00772 e. The molecule has 1 aromatic carbocycles. The van der Waals surface area contributed by atoms with Crippen LogP contribution in [0.2, 0.25) is 0 Å². The molecule has 20 heavy (non-hydrogen) atoms. The molecule has 1 rings (SSSR count). The van der Waals surface area contributed by atoms with Crippen molar-refractivity contribution < 1.29 is 0 Å². The van der Waals surface area contributed by atoms with Crippen molar-refractivity contribution in [3.8, 4) is 0 Å². The Hall–Kier alpha value is -0.820. The summed E-state index contributed by atoms with van der Waals surface area (Å²) in [5.74, 6) is 0.822. The van der Waals surface area contributed by atoms with E-state index in [1.807, 2.05) is 0 Å². The minimum Gasteiger partial charge on any atom is -0.330 e. The van der Waals surface area contributed by atoms with Gasteiger partial charge >= 0.3 is 0 Å². The lowest BCUT2D eigenvalue weighted by Gasteiger charge is -2.31. The minimum atomic E-state index is 0.425. The van der Waals surface area contributed by atoms with E-state index in [9.17, 15) is 0 Å². The van der Waals surface area contributed by atoms with Crippen molar-refractivity contribution in [3.63, 3.8) is 0 Å². The molecule has 0 aliphatic heterocycles. The SMILES string of the molecule is CC(C)(C)C(CCCN)CCCCCc1ccccc1. The molecular weight excluding hydrogens is 242 g/mol. The fourth-order valence-corrected chi connectivity index (χ4v) is 2.92. The van der Waals surface area contributed by atoms with Crippen molar-refractivity contribution in [2.24, 2.45) is 17.1 Å². The Kier molecular flexibility index (Phi) is 7.91. The summed E-state index contributed by atoms with van der Waals surface area (Å²) in [7, 11) is 0. The zero-order valence-corrected chi connectivity index (χ0v) is 13.7. The number of aryl methyl sites for hydroxylation is 1. The first kappa shape index (κ1) is 17.2. The van der Waals surface area contributed by atoms with Crippen LogP contribution in [0.25, 0.3) is 0 Å². The van der Waals surface area contributed by atoms with Gasteiger partial charge in [-0.05, 0) is 55.5 Å². The molecule has 0 aliphatic rings. The molecule has 0 radical (unpaired) electrons. The molecule has 114 valence electrons. The summed E-state index contributed by atoms with van der Waals surface area (Å²) in [6.45, 7) is 7.95. The van der Waals surface area contributed by atoms with Crippen LogP contribution in [-0.4, -0.2) is 6.54 Å². The second-order valence-corrected chi connectivity index (χ2v) is 7.08. The lowest BCUT2D eigenvalue weighted by Crippen LogP contribution is -2.21. The molecule has 1 unspecified atom stereocenters. The summed E-state index contributed by atoms with van der Waals surface area (Å²) in [5.41, 5.74) is 7.56. The number of nitrogens with two attached hydrogens (primary N) is 1. The van der Waals surface area contributed by atoms with E-state index >= 15 is 0 Å². The first-order valence-corrected chi connectivity index (χ1v) is 8.28. The Morgan fingerprint density at radius 1 is 0.900 bits per heavy atom. The number of hydrogen-bond donors (Lipinski definition) is 1. The van der Waals surface area contributed by atoms with Crippen LogP contribution in [-0.2, 0) is 6.42 Å². The Morgan fingerprint density at radius 3 is 2.15 bits per heavy atom. The molecule has 0 aromatic heterocycles. The van der Waals surface area contributed by atoms with Gasteiger partial charge in [0.05, 0.1) is 0 Å². The van der Waals surface area contributed by atoms with Crippen LogP contribution >= 0.6 is 0 Å². The molecule has 2 N–H and O–H groups in total. The highest BCUT2D eigenvalue weighted by Gasteiger charge is 2.23. The van der Waals surface area contributed by atoms with Crippen molar-refractivity contribution in [2.45, 2.75) is 65.7 Å². The van der Waals surface area contributed by atoms with E-state index < -0.39 is 0 Å². The van der Waals surface area contributed by atoms with E-state index in [0.29, 0.717) is 5.41 Å². The second kappa shape index (κ2) is 9.18. The number of unbranched alkanes of at least 4 members (excludes halogenated alkanes) is 2. The highest BCUT2D eigenvalue weighted by Crippen LogP contribution is 2.33. The summed E-state index contributed by atoms with van der Waals surface area (Å²) in [6, 6.07) is 10.8. The highest BCUT2D eigenvalue weighted by atomic mass is 14.5. The van der Waals surface area contributed by atoms with Gasteiger partial charge in [0.2, 0.25) is 0 Å². The normalized spacial score (nSPS) is 13.4. The van der Waals surface area contributed by atoms with Crippen molar-refractivity contribution in [3.05, 3.63) is 35.9 Å². The van der Waals surface area contributed by atoms with E-state index in [4.69, 9.17) is 5.73 Å². The summed E-state index contributed by atoms with van der Waals surface area (Å²) in [6.07, 6.45) is 9.08. The van der Waals surface area contributed by atoms with Crippen molar-refractivity contribution in [1.82, 2.24) is 0 Å². The Bertz CT molecular complexity index is 337. The molecule has 0 fully saturated rings. The van der Waals surface area contributed by atoms with Crippen LogP contribution < -0.4 is 5.73 Å². The van der Waals surface area contributed by atoms with E-state index in [1.54, 1.807) is 0 Å². The van der Waals surface area contributed by atoms with Crippen LogP contribution in [0, 0.1) is 11.3 Å². The lowest BCUT2D eigenvalue weighted by atomic mass is 9.75. The predicted molar refractivity (Wildman–Crippen MR) is 89.8 cm³/mol. The third kappa shape index (κ3) is 7.09. The average molecular weight is 275 g/mol. The summed E-state index contributed by atoms with van der Waals surface area (Å²) in [5, 5.41) is 0. The summed E-state index contributed by atoms with van der Waals surface area (Å²) < 4.78 is 0. The molecule has 0 heterocycles. The minimum absolute atomic E-state index is 0.425. The quantitative estimate of drug-likeness (QED) is 0.617. The molecule has 0 saturated carbocycles. The molecule has 0 aliphatic carbocycles. The van der Waals surface area contributed by atoms with Crippen LogP contribution in [0.1, 0.15) is 64.9 Å². The molecule has 1 atom stereocenters. The standard InChI is InChI=1S/C19H33N/c1-19(2,3)18(15-10-16-20)14-9-5-8-13-17-11-6-4-7-12-17/h4,6-7,11-12,18H,5,8-10,13-16,20H2,1-3H3. The van der Waals surface area contributed by atoms with Gasteiger partial charge in [-0.2, -0.15) is 0 Å². The predicted octanol–water partition coefficient (Wildman–Crippen LogP) is 5.19. The molecular formula is C19H33N. The van der Waals surface area contributed by atoms with Gasteiger partial charge in [-0.1, -0.05) is 63.9 Å². The first-order chi connectivity index (χ1) is 9.54. The Labute approximate surface area is 126 Å². The molecule has 1 nitrogen and oxygen atoms in total. The monoisotopic (exact) mass is 275 g/mol. The lowest BCUT2D eigenvalue weighted by molar-refractivity contribution is 0.203. The zero-order valence-electron chi connectivity index (χ0n) is 13.7. The van der Waals surface area contributed by atoms with Gasteiger partial charge in [-0.3, -0.25) is 0 Å². The van der Waals surface area contributed by atoms with Crippen molar-refractivity contribution in [2.75, 3.05) is 6.54 Å². The largest absolute Gasteiger partial charge is 0.330 e. The average Bonchev–Trinajstić information content (AvgIpc) is 2.41. The van der Waals surface area contributed by atoms with E-state index in [0.717, 1.165) is 12.5 Å². The third-order valence-electron chi connectivity index (χ3n) is 4.34. The fourth-order valence-electron chi connectivity index (χ4n) is 2.92. The summed E-state index contributed by atoms with van der Waals surface area (Å²) >= 11 is 0. The van der Waals surface area contributed by atoms with Crippen LogP contribution in [0.5, 0.6) is 0 Å². The van der Waals surface area contributed by atoms with Gasteiger partial charge in [0, 0.05) is 0 Å². The van der Waals surface area contributed by atoms with E-state index in [-0.39, 0.29) is 0 Å². The topological polar surface area (TPSA) is 26.0 Å². The van der Waals surface area contributed by atoms with Gasteiger partial charge in [0.25, 0.3) is 0 Å². The van der Waals surface area contributed by atoms with Gasteiger partial charge in [0.15, 0.2) is 0 Å². The molecule has 1 heteroatoms. The fraction of sp³-hybridized carbons (Fsp3) is 0.684. The first-order valence-electron chi connectivity index (χ1n) is 8.28. The van der Waals surface area contributed by atoms with Crippen molar-refractivity contribution in [1.29, 1.82) is 0 Å². The van der Waals surface area contributed by atoms with Gasteiger partial charge < -0.3 is 5.73 Å². The molecule has 1 aromatic rings. The molecule has 0 bridgehead atoms. The third-order valence-corrected chi connectivity index (χ3v) is 4.34. The molecule has 0 saturated heterocycles. The number of rotatable bonds is 9. The maximum absolute atomic E-state index is 5.66. The van der Waals surface area contributed by atoms with Crippen molar-refractivity contribution >= 4 is 0 Å². The zero-order chi connectivity index (χ0) is 14.8. The Balaban J connectivity index is 2.20. The molecule has 0 amide bonds. The Morgan fingerprint density at radius 2 is 1.55 bits per heavy atom. The molecule has 0 spiro atoms. The second-order valence-electron chi connectivity index (χ2n) is 7.08. The van der Waals surface area contributed by atoms with Gasteiger partial charge in [0.1, 0.15) is 0 Å². The number of hydrogen-bond acceptors (Lipinski definition) is 1. The smallest absolute Gasteiger partial charge is 0.00772 e. The number of benzene rings is 1. The van der Waals surface area contributed by atoms with Crippen LogP contribution in [0.4, 0.5) is 0 Å². The maximum atomic E-state index is 5.66.